The van der Waals surface area contributed by atoms with E-state index in [-0.39, 0.29) is 5.75 Å². The summed E-state index contributed by atoms with van der Waals surface area (Å²) < 4.78 is 33.1. The van der Waals surface area contributed by atoms with Gasteiger partial charge in [0, 0.05) is 13.1 Å². The van der Waals surface area contributed by atoms with Gasteiger partial charge in [-0.05, 0) is 12.1 Å². The van der Waals surface area contributed by atoms with E-state index in [9.17, 15) is 8.78 Å². The Morgan fingerprint density at radius 2 is 2.07 bits per heavy atom. The van der Waals surface area contributed by atoms with Gasteiger partial charge in [-0.3, -0.25) is 0 Å². The molecule has 3 nitrogen and oxygen atoms in total. The molecule has 0 fully saturated rings. The molecule has 0 spiro atoms. The smallest absolute Gasteiger partial charge is 0.387 e. The highest BCUT2D eigenvalue weighted by molar-refractivity contribution is 5.59. The molecule has 0 unspecified atom stereocenters. The molecule has 0 saturated heterocycles. The van der Waals surface area contributed by atoms with Crippen LogP contribution in [0.5, 0.6) is 11.5 Å². The van der Waals surface area contributed by atoms with Gasteiger partial charge in [0.2, 0.25) is 0 Å². The molecule has 0 heterocycles. The van der Waals surface area contributed by atoms with Gasteiger partial charge in [0.15, 0.2) is 0 Å². The molecule has 0 aliphatic carbocycles. The lowest BCUT2D eigenvalue weighted by Crippen LogP contribution is -2.04. The number of hydrogen-bond acceptors (Lipinski definition) is 3. The molecule has 0 aromatic heterocycles. The summed E-state index contributed by atoms with van der Waals surface area (Å²) in [6.45, 7) is -2.82. The number of anilines is 1. The maximum absolute atomic E-state index is 11.9. The van der Waals surface area contributed by atoms with E-state index >= 15 is 0 Å². The maximum atomic E-state index is 11.9. The van der Waals surface area contributed by atoms with Crippen LogP contribution in [0.1, 0.15) is 0 Å². The average molecular weight is 203 g/mol. The summed E-state index contributed by atoms with van der Waals surface area (Å²) in [5.41, 5.74) is 0.463. The monoisotopic (exact) mass is 203 g/mol. The van der Waals surface area contributed by atoms with Crippen molar-refractivity contribution in [2.24, 2.45) is 0 Å². The quantitative estimate of drug-likeness (QED) is 0.814. The van der Waals surface area contributed by atoms with Crippen molar-refractivity contribution in [2.45, 2.75) is 6.61 Å². The van der Waals surface area contributed by atoms with Gasteiger partial charge in [-0.25, -0.2) is 0 Å². The van der Waals surface area contributed by atoms with Gasteiger partial charge in [0.05, 0.1) is 12.8 Å². The normalized spacial score (nSPS) is 10.1. The second-order valence-corrected chi connectivity index (χ2v) is 2.49. The van der Waals surface area contributed by atoms with E-state index in [2.05, 4.69) is 10.1 Å². The van der Waals surface area contributed by atoms with Crippen LogP contribution in [0.3, 0.4) is 0 Å². The Kier molecular flexibility index (Phi) is 3.50. The van der Waals surface area contributed by atoms with E-state index in [1.54, 1.807) is 19.2 Å². The number of nitrogens with one attached hydrogen (secondary N) is 1. The molecule has 0 bridgehead atoms. The molecule has 78 valence electrons. The average Bonchev–Trinajstić information content (AvgIpc) is 2.17. The second kappa shape index (κ2) is 4.64. The number of alkyl halides is 2. The minimum Gasteiger partial charge on any atom is -0.497 e. The SMILES string of the molecule is CNc1cc(OC)ccc1OC(F)F. The zero-order valence-electron chi connectivity index (χ0n) is 7.88. The molecule has 0 saturated carbocycles. The Labute approximate surface area is 80.6 Å². The van der Waals surface area contributed by atoms with Gasteiger partial charge < -0.3 is 14.8 Å². The lowest BCUT2D eigenvalue weighted by atomic mass is 10.3. The van der Waals surface area contributed by atoms with Gasteiger partial charge in [0.1, 0.15) is 11.5 Å². The molecular weight excluding hydrogens is 192 g/mol. The Balaban J connectivity index is 2.93. The van der Waals surface area contributed by atoms with Crippen molar-refractivity contribution in [3.63, 3.8) is 0 Å². The van der Waals surface area contributed by atoms with Gasteiger partial charge >= 0.3 is 6.61 Å². The highest BCUT2D eigenvalue weighted by Crippen LogP contribution is 2.29. The van der Waals surface area contributed by atoms with E-state index in [1.807, 2.05) is 0 Å². The number of ether oxygens (including phenoxy) is 2. The molecule has 0 amide bonds. The van der Waals surface area contributed by atoms with E-state index in [4.69, 9.17) is 4.74 Å². The molecule has 1 aromatic rings. The number of rotatable bonds is 4. The summed E-state index contributed by atoms with van der Waals surface area (Å²) in [6.07, 6.45) is 0. The molecule has 1 rings (SSSR count). The van der Waals surface area contributed by atoms with Crippen LogP contribution in [0.4, 0.5) is 14.5 Å². The topological polar surface area (TPSA) is 30.5 Å². The molecule has 5 heteroatoms. The third kappa shape index (κ3) is 2.48. The minimum absolute atomic E-state index is 0.100. The molecule has 1 N–H and O–H groups in total. The summed E-state index contributed by atoms with van der Waals surface area (Å²) >= 11 is 0. The van der Waals surface area contributed by atoms with Crippen LogP contribution >= 0.6 is 0 Å². The molecular formula is C9H11F2NO2. The Hall–Kier alpha value is -1.52. The molecule has 1 aromatic carbocycles. The molecule has 0 radical (unpaired) electrons. The second-order valence-electron chi connectivity index (χ2n) is 2.49. The summed E-state index contributed by atoms with van der Waals surface area (Å²) in [4.78, 5) is 0. The largest absolute Gasteiger partial charge is 0.497 e. The fourth-order valence-corrected chi connectivity index (χ4v) is 1.03. The van der Waals surface area contributed by atoms with Crippen LogP contribution in [0.2, 0.25) is 0 Å². The van der Waals surface area contributed by atoms with Gasteiger partial charge in [-0.2, -0.15) is 8.78 Å². The first-order chi connectivity index (χ1) is 6.67. The van der Waals surface area contributed by atoms with E-state index < -0.39 is 6.61 Å². The van der Waals surface area contributed by atoms with Crippen LogP contribution < -0.4 is 14.8 Å². The van der Waals surface area contributed by atoms with E-state index in [0.717, 1.165) is 0 Å². The summed E-state index contributed by atoms with van der Waals surface area (Å²) in [7, 11) is 3.12. The number of benzene rings is 1. The Morgan fingerprint density at radius 1 is 1.36 bits per heavy atom. The molecule has 14 heavy (non-hydrogen) atoms. The van der Waals surface area contributed by atoms with Crippen molar-refractivity contribution in [3.8, 4) is 11.5 Å². The highest BCUT2D eigenvalue weighted by Gasteiger charge is 2.09. The van der Waals surface area contributed by atoms with Crippen LogP contribution in [0.25, 0.3) is 0 Å². The van der Waals surface area contributed by atoms with Crippen molar-refractivity contribution in [1.82, 2.24) is 0 Å². The zero-order valence-corrected chi connectivity index (χ0v) is 7.88. The summed E-state index contributed by atoms with van der Waals surface area (Å²) in [6, 6.07) is 4.56. The summed E-state index contributed by atoms with van der Waals surface area (Å²) in [5, 5.41) is 2.74. The zero-order chi connectivity index (χ0) is 10.6. The first-order valence-corrected chi connectivity index (χ1v) is 3.98. The van der Waals surface area contributed by atoms with E-state index in [0.29, 0.717) is 11.4 Å². The van der Waals surface area contributed by atoms with Crippen molar-refractivity contribution in [1.29, 1.82) is 0 Å². The number of methoxy groups -OCH3 is 1. The van der Waals surface area contributed by atoms with Crippen molar-refractivity contribution in [3.05, 3.63) is 18.2 Å². The minimum atomic E-state index is -2.82. The lowest BCUT2D eigenvalue weighted by molar-refractivity contribution is -0.0493. The van der Waals surface area contributed by atoms with Crippen molar-refractivity contribution < 1.29 is 18.3 Å². The molecule has 0 aliphatic heterocycles. The number of halogens is 2. The van der Waals surface area contributed by atoms with Crippen molar-refractivity contribution in [2.75, 3.05) is 19.5 Å². The Morgan fingerprint density at radius 3 is 2.57 bits per heavy atom. The first kappa shape index (κ1) is 10.6. The van der Waals surface area contributed by atoms with Gasteiger partial charge in [-0.1, -0.05) is 0 Å². The van der Waals surface area contributed by atoms with Gasteiger partial charge in [-0.15, -0.1) is 0 Å². The third-order valence-electron chi connectivity index (χ3n) is 1.67. The number of hydrogen-bond donors (Lipinski definition) is 1. The third-order valence-corrected chi connectivity index (χ3v) is 1.67. The fraction of sp³-hybridized carbons (Fsp3) is 0.333. The molecule has 0 aliphatic rings. The van der Waals surface area contributed by atoms with Crippen LogP contribution in [-0.4, -0.2) is 20.8 Å². The Bertz CT molecular complexity index is 305. The van der Waals surface area contributed by atoms with Crippen LogP contribution in [0, 0.1) is 0 Å². The first-order valence-electron chi connectivity index (χ1n) is 3.98. The van der Waals surface area contributed by atoms with Crippen molar-refractivity contribution >= 4 is 5.69 Å². The van der Waals surface area contributed by atoms with Crippen LogP contribution in [-0.2, 0) is 0 Å². The lowest BCUT2D eigenvalue weighted by Gasteiger charge is -2.11. The standard InChI is InChI=1S/C9H11F2NO2/c1-12-7-5-6(13-2)3-4-8(7)14-9(10)11/h3-5,9,12H,1-2H3. The summed E-state index contributed by atoms with van der Waals surface area (Å²) in [5.74, 6) is 0.680. The van der Waals surface area contributed by atoms with Gasteiger partial charge in [0.25, 0.3) is 0 Å². The maximum Gasteiger partial charge on any atom is 0.387 e. The van der Waals surface area contributed by atoms with E-state index in [1.165, 1.54) is 13.2 Å². The highest BCUT2D eigenvalue weighted by atomic mass is 19.3. The predicted molar refractivity (Wildman–Crippen MR) is 49.2 cm³/mol. The fourth-order valence-electron chi connectivity index (χ4n) is 1.03. The predicted octanol–water partition coefficient (Wildman–Crippen LogP) is 2.34. The van der Waals surface area contributed by atoms with Crippen LogP contribution in [0.15, 0.2) is 18.2 Å². The molecule has 0 atom stereocenters.